The van der Waals surface area contributed by atoms with E-state index in [1.807, 2.05) is 51.1 Å². The second-order valence-electron chi connectivity index (χ2n) is 6.24. The zero-order chi connectivity index (χ0) is 17.9. The summed E-state index contributed by atoms with van der Waals surface area (Å²) in [6, 6.07) is 9.03. The van der Waals surface area contributed by atoms with E-state index in [1.54, 1.807) is 7.05 Å². The van der Waals surface area contributed by atoms with Crippen molar-refractivity contribution >= 4 is 23.2 Å². The van der Waals surface area contributed by atoms with Crippen LogP contribution in [0, 0.1) is 12.8 Å². The molecule has 2 aromatic rings. The first-order valence-corrected chi connectivity index (χ1v) is 8.72. The number of likely N-dealkylation sites (N-methyl/N-ethyl adjacent to an activating group) is 1. The van der Waals surface area contributed by atoms with Crippen molar-refractivity contribution in [1.82, 2.24) is 9.88 Å². The molecule has 24 heavy (non-hydrogen) atoms. The number of amides is 2. The molecule has 0 aliphatic heterocycles. The number of hydrogen-bond donors (Lipinski definition) is 1. The zero-order valence-corrected chi connectivity index (χ0v) is 15.3. The molecule has 0 saturated carbocycles. The van der Waals surface area contributed by atoms with Crippen LogP contribution in [0.4, 0.5) is 0 Å². The minimum absolute atomic E-state index is 0.253. The van der Waals surface area contributed by atoms with Crippen LogP contribution in [0.15, 0.2) is 30.3 Å². The van der Waals surface area contributed by atoms with Gasteiger partial charge in [0.05, 0.1) is 9.88 Å². The van der Waals surface area contributed by atoms with Gasteiger partial charge in [0.1, 0.15) is 11.7 Å². The zero-order valence-electron chi connectivity index (χ0n) is 14.4. The van der Waals surface area contributed by atoms with Crippen molar-refractivity contribution in [2.75, 3.05) is 7.05 Å². The van der Waals surface area contributed by atoms with Crippen LogP contribution in [0.1, 0.15) is 35.8 Å². The summed E-state index contributed by atoms with van der Waals surface area (Å²) in [6.45, 7) is 5.86. The smallest absolute Gasteiger partial charge is 0.274 e. The van der Waals surface area contributed by atoms with Crippen molar-refractivity contribution in [1.29, 1.82) is 0 Å². The van der Waals surface area contributed by atoms with Crippen molar-refractivity contribution in [2.45, 2.75) is 33.2 Å². The van der Waals surface area contributed by atoms with Gasteiger partial charge in [-0.25, -0.2) is 4.98 Å². The molecule has 1 aromatic heterocycles. The Kier molecular flexibility index (Phi) is 5.72. The summed E-state index contributed by atoms with van der Waals surface area (Å²) in [5, 5.41) is 0.810. The molecule has 1 aromatic carbocycles. The number of carbonyl (C=O) groups is 2. The molecule has 2 rings (SSSR count). The molecule has 0 aliphatic rings. The van der Waals surface area contributed by atoms with E-state index >= 15 is 0 Å². The Morgan fingerprint density at radius 1 is 1.25 bits per heavy atom. The molecule has 0 saturated heterocycles. The molecule has 2 N–H and O–H groups in total. The maximum atomic E-state index is 12.9. The summed E-state index contributed by atoms with van der Waals surface area (Å²) in [5.41, 5.74) is 6.83. The van der Waals surface area contributed by atoms with Crippen LogP contribution in [0.3, 0.4) is 0 Å². The molecule has 5 nitrogen and oxygen atoms in total. The van der Waals surface area contributed by atoms with E-state index in [0.29, 0.717) is 12.1 Å². The Hall–Kier alpha value is -2.21. The fourth-order valence-corrected chi connectivity index (χ4v) is 3.49. The van der Waals surface area contributed by atoms with Crippen molar-refractivity contribution in [3.05, 3.63) is 41.0 Å². The predicted octanol–water partition coefficient (Wildman–Crippen LogP) is 3.09. The number of nitrogens with two attached hydrogens (primary N) is 1. The lowest BCUT2D eigenvalue weighted by molar-refractivity contribution is -0.122. The quantitative estimate of drug-likeness (QED) is 0.874. The predicted molar refractivity (Wildman–Crippen MR) is 96.8 cm³/mol. The van der Waals surface area contributed by atoms with Crippen LogP contribution in [0.25, 0.3) is 10.4 Å². The molecule has 0 spiro atoms. The fraction of sp³-hybridized carbons (Fsp3) is 0.389. The number of rotatable bonds is 6. The van der Waals surface area contributed by atoms with E-state index in [9.17, 15) is 9.59 Å². The SMILES string of the molecule is Cc1nc(C(=O)N(C)[C@@H](CC(C)C)C(N)=O)c(-c2ccccc2)s1. The molecule has 0 aliphatic carbocycles. The normalized spacial score (nSPS) is 12.2. The molecule has 0 fully saturated rings. The summed E-state index contributed by atoms with van der Waals surface area (Å²) in [4.78, 5) is 31.4. The van der Waals surface area contributed by atoms with E-state index in [1.165, 1.54) is 16.2 Å². The van der Waals surface area contributed by atoms with E-state index in [0.717, 1.165) is 15.4 Å². The molecule has 2 amide bonds. The minimum atomic E-state index is -0.636. The summed E-state index contributed by atoms with van der Waals surface area (Å²) in [6.07, 6.45) is 0.529. The molecule has 6 heteroatoms. The number of aromatic nitrogens is 1. The highest BCUT2D eigenvalue weighted by atomic mass is 32.1. The molecule has 1 heterocycles. The first-order chi connectivity index (χ1) is 11.3. The summed E-state index contributed by atoms with van der Waals surface area (Å²) >= 11 is 1.47. The van der Waals surface area contributed by atoms with Crippen LogP contribution >= 0.6 is 11.3 Å². The second-order valence-corrected chi connectivity index (χ2v) is 7.44. The average molecular weight is 345 g/mol. The van der Waals surface area contributed by atoms with Gasteiger partial charge in [0.25, 0.3) is 5.91 Å². The molecule has 0 unspecified atom stereocenters. The first-order valence-electron chi connectivity index (χ1n) is 7.90. The lowest BCUT2D eigenvalue weighted by Crippen LogP contribution is -2.46. The maximum absolute atomic E-state index is 12.9. The number of nitrogens with zero attached hydrogens (tertiary/aromatic N) is 2. The number of aryl methyl sites for hydroxylation is 1. The number of benzene rings is 1. The van der Waals surface area contributed by atoms with Crippen LogP contribution in [-0.4, -0.2) is 34.8 Å². The van der Waals surface area contributed by atoms with Crippen LogP contribution in [-0.2, 0) is 4.79 Å². The maximum Gasteiger partial charge on any atom is 0.274 e. The standard InChI is InChI=1S/C18H23N3O2S/c1-11(2)10-14(17(19)22)21(4)18(23)15-16(24-12(3)20-15)13-8-6-5-7-9-13/h5-9,11,14H,10H2,1-4H3,(H2,19,22)/t14-/m0/s1. The molecular weight excluding hydrogens is 322 g/mol. The van der Waals surface area contributed by atoms with Gasteiger partial charge < -0.3 is 10.6 Å². The number of primary amides is 1. The number of hydrogen-bond acceptors (Lipinski definition) is 4. The Morgan fingerprint density at radius 2 is 1.88 bits per heavy atom. The second kappa shape index (κ2) is 7.57. The van der Waals surface area contributed by atoms with E-state index in [-0.39, 0.29) is 11.8 Å². The van der Waals surface area contributed by atoms with Crippen molar-refractivity contribution < 1.29 is 9.59 Å². The van der Waals surface area contributed by atoms with Gasteiger partial charge in [-0.05, 0) is 24.8 Å². The number of thiazole rings is 1. The van der Waals surface area contributed by atoms with Crippen LogP contribution in [0.5, 0.6) is 0 Å². The Balaban J connectivity index is 2.37. The van der Waals surface area contributed by atoms with E-state index in [2.05, 4.69) is 4.98 Å². The van der Waals surface area contributed by atoms with Crippen molar-refractivity contribution in [2.24, 2.45) is 11.7 Å². The summed E-state index contributed by atoms with van der Waals surface area (Å²) in [5.74, 6) is -0.515. The monoisotopic (exact) mass is 345 g/mol. The highest BCUT2D eigenvalue weighted by Crippen LogP contribution is 2.31. The van der Waals surface area contributed by atoms with Gasteiger partial charge in [-0.1, -0.05) is 44.2 Å². The van der Waals surface area contributed by atoms with Gasteiger partial charge in [0.15, 0.2) is 0 Å². The number of carbonyl (C=O) groups excluding carboxylic acids is 2. The third kappa shape index (κ3) is 4.00. The van der Waals surface area contributed by atoms with Gasteiger partial charge in [-0.15, -0.1) is 11.3 Å². The minimum Gasteiger partial charge on any atom is -0.368 e. The van der Waals surface area contributed by atoms with Gasteiger partial charge in [0.2, 0.25) is 5.91 Å². The Morgan fingerprint density at radius 3 is 2.42 bits per heavy atom. The van der Waals surface area contributed by atoms with Crippen LogP contribution in [0.2, 0.25) is 0 Å². The molecule has 0 bridgehead atoms. The first kappa shape index (κ1) is 18.1. The largest absolute Gasteiger partial charge is 0.368 e. The molecule has 0 radical (unpaired) electrons. The topological polar surface area (TPSA) is 76.3 Å². The van der Waals surface area contributed by atoms with E-state index < -0.39 is 11.9 Å². The lowest BCUT2D eigenvalue weighted by Gasteiger charge is -2.26. The van der Waals surface area contributed by atoms with Gasteiger partial charge in [-0.2, -0.15) is 0 Å². The van der Waals surface area contributed by atoms with Crippen molar-refractivity contribution in [3.8, 4) is 10.4 Å². The summed E-state index contributed by atoms with van der Waals surface area (Å²) in [7, 11) is 1.61. The van der Waals surface area contributed by atoms with Gasteiger partial charge in [0, 0.05) is 7.05 Å². The summed E-state index contributed by atoms with van der Waals surface area (Å²) < 4.78 is 0. The Labute approximate surface area is 146 Å². The third-order valence-corrected chi connectivity index (χ3v) is 4.80. The molecule has 1 atom stereocenters. The van der Waals surface area contributed by atoms with Crippen LogP contribution < -0.4 is 5.73 Å². The van der Waals surface area contributed by atoms with E-state index in [4.69, 9.17) is 5.73 Å². The van der Waals surface area contributed by atoms with Gasteiger partial charge in [-0.3, -0.25) is 9.59 Å². The molecular formula is C18H23N3O2S. The Bertz CT molecular complexity index is 725. The third-order valence-electron chi connectivity index (χ3n) is 3.78. The highest BCUT2D eigenvalue weighted by Gasteiger charge is 2.29. The molecule has 128 valence electrons. The lowest BCUT2D eigenvalue weighted by atomic mass is 10.0. The highest BCUT2D eigenvalue weighted by molar-refractivity contribution is 7.15. The van der Waals surface area contributed by atoms with Gasteiger partial charge >= 0.3 is 0 Å². The average Bonchev–Trinajstić information content (AvgIpc) is 2.93. The van der Waals surface area contributed by atoms with Crippen molar-refractivity contribution in [3.63, 3.8) is 0 Å². The fourth-order valence-electron chi connectivity index (χ4n) is 2.58.